The number of H-pyrrole nitrogens is 1. The normalized spacial score (nSPS) is 11.1. The molecular formula is C8H12N4O3. The number of amides is 1. The van der Waals surface area contributed by atoms with Gasteiger partial charge in [-0.2, -0.15) is 5.10 Å². The third kappa shape index (κ3) is 2.53. The van der Waals surface area contributed by atoms with E-state index in [1.165, 1.54) is 13.8 Å². The fraction of sp³-hybridized carbons (Fsp3) is 0.375. The van der Waals surface area contributed by atoms with E-state index in [4.69, 9.17) is 10.8 Å². The molecule has 0 saturated heterocycles. The van der Waals surface area contributed by atoms with E-state index >= 15 is 0 Å². The Morgan fingerprint density at radius 1 is 1.60 bits per heavy atom. The zero-order valence-corrected chi connectivity index (χ0v) is 8.37. The van der Waals surface area contributed by atoms with Crippen molar-refractivity contribution in [1.29, 1.82) is 0 Å². The number of nitrogens with zero attached hydrogens (tertiary/aromatic N) is 1. The van der Waals surface area contributed by atoms with Crippen LogP contribution < -0.4 is 11.1 Å². The molecule has 0 fully saturated rings. The Balaban J connectivity index is 2.86. The number of aromatic carboxylic acids is 1. The summed E-state index contributed by atoms with van der Waals surface area (Å²) in [6.45, 7) is 3.03. The molecule has 0 atom stereocenters. The highest BCUT2D eigenvalue weighted by molar-refractivity contribution is 6.02. The second kappa shape index (κ2) is 3.70. The lowest BCUT2D eigenvalue weighted by Crippen LogP contribution is -2.45. The standard InChI is InChI=1S/C8H12N4O3/c1-8(2,9)7(15)11-5-4(6(13)14)3-10-12-5/h3H,9H2,1-2H3,(H,13,14)(H2,10,11,12,15). The number of hydrogen-bond donors (Lipinski definition) is 4. The van der Waals surface area contributed by atoms with Crippen LogP contribution in [0.25, 0.3) is 0 Å². The number of nitrogens with one attached hydrogen (secondary N) is 2. The summed E-state index contributed by atoms with van der Waals surface area (Å²) in [4.78, 5) is 22.1. The molecule has 1 rings (SSSR count). The average Bonchev–Trinajstić information content (AvgIpc) is 2.50. The molecule has 7 heteroatoms. The maximum atomic E-state index is 11.4. The molecule has 1 aromatic heterocycles. The van der Waals surface area contributed by atoms with Gasteiger partial charge in [0.05, 0.1) is 11.7 Å². The molecule has 1 amide bonds. The first kappa shape index (κ1) is 11.2. The summed E-state index contributed by atoms with van der Waals surface area (Å²) >= 11 is 0. The van der Waals surface area contributed by atoms with Gasteiger partial charge in [-0.1, -0.05) is 0 Å². The highest BCUT2D eigenvalue weighted by atomic mass is 16.4. The minimum atomic E-state index is -1.17. The maximum Gasteiger partial charge on any atom is 0.341 e. The summed E-state index contributed by atoms with van der Waals surface area (Å²) in [6.07, 6.45) is 1.11. The lowest BCUT2D eigenvalue weighted by Gasteiger charge is -2.16. The minimum absolute atomic E-state index is 0.0334. The quantitative estimate of drug-likeness (QED) is 0.552. The first-order chi connectivity index (χ1) is 6.82. The van der Waals surface area contributed by atoms with E-state index in [0.717, 1.165) is 6.20 Å². The topological polar surface area (TPSA) is 121 Å². The summed E-state index contributed by atoms with van der Waals surface area (Å²) in [5.41, 5.74) is 4.34. The van der Waals surface area contributed by atoms with Crippen molar-refractivity contribution >= 4 is 17.7 Å². The van der Waals surface area contributed by atoms with Crippen molar-refractivity contribution < 1.29 is 14.7 Å². The first-order valence-electron chi connectivity index (χ1n) is 4.19. The smallest absolute Gasteiger partial charge is 0.341 e. The van der Waals surface area contributed by atoms with Crippen molar-refractivity contribution in [3.05, 3.63) is 11.8 Å². The van der Waals surface area contributed by atoms with Crippen LogP contribution in [0, 0.1) is 0 Å². The van der Waals surface area contributed by atoms with Gasteiger partial charge in [0.25, 0.3) is 0 Å². The van der Waals surface area contributed by atoms with Crippen molar-refractivity contribution in [2.45, 2.75) is 19.4 Å². The van der Waals surface area contributed by atoms with Crippen LogP contribution in [0.15, 0.2) is 6.20 Å². The SMILES string of the molecule is CC(C)(N)C(=O)Nc1[nH]ncc1C(=O)O. The number of aromatic amines is 1. The lowest BCUT2D eigenvalue weighted by molar-refractivity contribution is -0.120. The van der Waals surface area contributed by atoms with Crippen molar-refractivity contribution in [2.24, 2.45) is 5.73 Å². The van der Waals surface area contributed by atoms with Gasteiger partial charge < -0.3 is 16.2 Å². The van der Waals surface area contributed by atoms with Gasteiger partial charge in [0.15, 0.2) is 0 Å². The number of rotatable bonds is 3. The van der Waals surface area contributed by atoms with Crippen LogP contribution >= 0.6 is 0 Å². The second-order valence-electron chi connectivity index (χ2n) is 3.64. The van der Waals surface area contributed by atoms with E-state index in [9.17, 15) is 9.59 Å². The molecule has 0 aliphatic carbocycles. The van der Waals surface area contributed by atoms with Crippen molar-refractivity contribution in [3.63, 3.8) is 0 Å². The number of carbonyl (C=O) groups excluding carboxylic acids is 1. The molecule has 0 aliphatic heterocycles. The Morgan fingerprint density at radius 2 is 2.20 bits per heavy atom. The van der Waals surface area contributed by atoms with Gasteiger partial charge >= 0.3 is 5.97 Å². The van der Waals surface area contributed by atoms with Crippen LogP contribution in [-0.2, 0) is 4.79 Å². The van der Waals surface area contributed by atoms with Crippen molar-refractivity contribution in [3.8, 4) is 0 Å². The van der Waals surface area contributed by atoms with Crippen LogP contribution in [0.5, 0.6) is 0 Å². The molecule has 1 heterocycles. The fourth-order valence-electron chi connectivity index (χ4n) is 0.818. The Morgan fingerprint density at radius 3 is 2.67 bits per heavy atom. The molecule has 0 spiro atoms. The molecule has 0 unspecified atom stereocenters. The molecule has 15 heavy (non-hydrogen) atoms. The zero-order valence-electron chi connectivity index (χ0n) is 8.37. The third-order valence-electron chi connectivity index (χ3n) is 1.69. The molecule has 82 valence electrons. The number of anilines is 1. The molecule has 0 aliphatic rings. The van der Waals surface area contributed by atoms with Crippen LogP contribution in [-0.4, -0.2) is 32.7 Å². The molecule has 0 saturated carbocycles. The van der Waals surface area contributed by atoms with Crippen LogP contribution in [0.4, 0.5) is 5.82 Å². The molecule has 0 aromatic carbocycles. The van der Waals surface area contributed by atoms with E-state index in [-0.39, 0.29) is 11.4 Å². The summed E-state index contributed by atoms with van der Waals surface area (Å²) in [5.74, 6) is -1.63. The van der Waals surface area contributed by atoms with Crippen molar-refractivity contribution in [1.82, 2.24) is 10.2 Å². The number of carboxylic acid groups (broad SMARTS) is 1. The molecule has 0 bridgehead atoms. The Hall–Kier alpha value is -1.89. The van der Waals surface area contributed by atoms with Crippen LogP contribution in [0.1, 0.15) is 24.2 Å². The van der Waals surface area contributed by atoms with Crippen LogP contribution in [0.2, 0.25) is 0 Å². The predicted octanol–water partition coefficient (Wildman–Crippen LogP) is -0.216. The van der Waals surface area contributed by atoms with Gasteiger partial charge in [0.2, 0.25) is 5.91 Å². The molecule has 0 radical (unpaired) electrons. The highest BCUT2D eigenvalue weighted by Crippen LogP contribution is 2.12. The first-order valence-corrected chi connectivity index (χ1v) is 4.19. The Kier molecular flexibility index (Phi) is 2.76. The molecular weight excluding hydrogens is 200 g/mol. The van der Waals surface area contributed by atoms with E-state index in [2.05, 4.69) is 15.5 Å². The van der Waals surface area contributed by atoms with Crippen molar-refractivity contribution in [2.75, 3.05) is 5.32 Å². The predicted molar refractivity (Wildman–Crippen MR) is 52.4 cm³/mol. The van der Waals surface area contributed by atoms with Gasteiger partial charge in [0, 0.05) is 0 Å². The maximum absolute atomic E-state index is 11.4. The summed E-state index contributed by atoms with van der Waals surface area (Å²) in [6, 6.07) is 0. The molecule has 5 N–H and O–H groups in total. The number of nitrogens with two attached hydrogens (primary N) is 1. The van der Waals surface area contributed by atoms with Gasteiger partial charge in [-0.3, -0.25) is 9.89 Å². The Labute approximate surface area is 85.7 Å². The fourth-order valence-corrected chi connectivity index (χ4v) is 0.818. The van der Waals surface area contributed by atoms with E-state index in [1.54, 1.807) is 0 Å². The second-order valence-corrected chi connectivity index (χ2v) is 3.64. The summed E-state index contributed by atoms with van der Waals surface area (Å²) in [5, 5.41) is 17.0. The zero-order chi connectivity index (χ0) is 11.6. The number of hydrogen-bond acceptors (Lipinski definition) is 4. The average molecular weight is 212 g/mol. The van der Waals surface area contributed by atoms with E-state index in [0.29, 0.717) is 0 Å². The van der Waals surface area contributed by atoms with Gasteiger partial charge in [0.1, 0.15) is 11.4 Å². The van der Waals surface area contributed by atoms with Gasteiger partial charge in [-0.15, -0.1) is 0 Å². The van der Waals surface area contributed by atoms with Gasteiger partial charge in [-0.05, 0) is 13.8 Å². The van der Waals surface area contributed by atoms with Crippen LogP contribution in [0.3, 0.4) is 0 Å². The molecule has 7 nitrogen and oxygen atoms in total. The largest absolute Gasteiger partial charge is 0.477 e. The summed E-state index contributed by atoms with van der Waals surface area (Å²) < 4.78 is 0. The van der Waals surface area contributed by atoms with Gasteiger partial charge in [-0.25, -0.2) is 4.79 Å². The summed E-state index contributed by atoms with van der Waals surface area (Å²) in [7, 11) is 0. The number of aromatic nitrogens is 2. The van der Waals surface area contributed by atoms with E-state index < -0.39 is 17.4 Å². The number of carboxylic acids is 1. The monoisotopic (exact) mass is 212 g/mol. The lowest BCUT2D eigenvalue weighted by atomic mass is 10.1. The van der Waals surface area contributed by atoms with E-state index in [1.807, 2.05) is 0 Å². The molecule has 1 aromatic rings. The minimum Gasteiger partial charge on any atom is -0.477 e. The Bertz CT molecular complexity index is 391. The highest BCUT2D eigenvalue weighted by Gasteiger charge is 2.24. The third-order valence-corrected chi connectivity index (χ3v) is 1.69. The number of carbonyl (C=O) groups is 2.